The number of imidazole rings is 1. The maximum Gasteiger partial charge on any atom is 0.238 e. The third kappa shape index (κ3) is 3.81. The van der Waals surface area contributed by atoms with E-state index in [9.17, 15) is 13.2 Å². The quantitative estimate of drug-likeness (QED) is 0.841. The normalized spacial score (nSPS) is 14.2. The van der Waals surface area contributed by atoms with E-state index in [4.69, 9.17) is 4.74 Å². The summed E-state index contributed by atoms with van der Waals surface area (Å²) in [5.41, 5.74) is 2.55. The predicted molar refractivity (Wildman–Crippen MR) is 91.8 cm³/mol. The lowest BCUT2D eigenvalue weighted by molar-refractivity contribution is -0.129. The molecule has 0 fully saturated rings. The number of pyridine rings is 1. The number of aromatic nitrogens is 3. The summed E-state index contributed by atoms with van der Waals surface area (Å²) >= 11 is 0. The molecule has 134 valence electrons. The minimum Gasteiger partial charge on any atom is -0.481 e. The first-order valence-corrected chi connectivity index (χ1v) is 9.80. The Balaban J connectivity index is 1.75. The molecule has 0 spiro atoms. The van der Waals surface area contributed by atoms with Crippen molar-refractivity contribution < 1.29 is 17.9 Å². The van der Waals surface area contributed by atoms with Gasteiger partial charge in [-0.25, -0.2) is 18.4 Å². The van der Waals surface area contributed by atoms with Gasteiger partial charge >= 0.3 is 0 Å². The number of aromatic amines is 1. The summed E-state index contributed by atoms with van der Waals surface area (Å²) in [6, 6.07) is 3.61. The number of ether oxygens (including phenoxy) is 1. The molecule has 0 unspecified atom stereocenters. The van der Waals surface area contributed by atoms with E-state index < -0.39 is 15.6 Å². The Morgan fingerprint density at radius 1 is 1.40 bits per heavy atom. The van der Waals surface area contributed by atoms with Crippen molar-refractivity contribution in [2.24, 2.45) is 0 Å². The van der Waals surface area contributed by atoms with Crippen LogP contribution >= 0.6 is 0 Å². The van der Waals surface area contributed by atoms with Gasteiger partial charge in [-0.1, -0.05) is 6.92 Å². The summed E-state index contributed by atoms with van der Waals surface area (Å²) in [6.45, 7) is 2.35. The molecular weight excluding hydrogens is 344 g/mol. The van der Waals surface area contributed by atoms with Crippen molar-refractivity contribution in [1.82, 2.24) is 19.9 Å². The second kappa shape index (κ2) is 6.83. The van der Waals surface area contributed by atoms with E-state index in [1.165, 1.54) is 0 Å². The van der Waals surface area contributed by atoms with Crippen LogP contribution in [-0.2, 0) is 27.6 Å². The topological polar surface area (TPSA) is 105 Å². The fraction of sp³-hybridized carbons (Fsp3) is 0.438. The fourth-order valence-corrected chi connectivity index (χ4v) is 3.43. The highest BCUT2D eigenvalue weighted by molar-refractivity contribution is 7.92. The first-order chi connectivity index (χ1) is 11.9. The van der Waals surface area contributed by atoms with Gasteiger partial charge in [0.2, 0.25) is 11.8 Å². The van der Waals surface area contributed by atoms with Crippen LogP contribution in [0.2, 0.25) is 0 Å². The van der Waals surface area contributed by atoms with Crippen LogP contribution in [0.15, 0.2) is 18.3 Å². The van der Waals surface area contributed by atoms with Gasteiger partial charge in [0.05, 0.1) is 25.0 Å². The number of rotatable bonds is 5. The van der Waals surface area contributed by atoms with Crippen molar-refractivity contribution in [2.75, 3.05) is 25.2 Å². The molecule has 8 nitrogen and oxygen atoms in total. The van der Waals surface area contributed by atoms with E-state index in [1.54, 1.807) is 31.2 Å². The molecule has 0 aromatic carbocycles. The number of nitrogens with zero attached hydrogens (tertiary/aromatic N) is 3. The SMILES string of the molecule is CCS(=O)(=O)CC(=O)N1CCc2nc(-c3ccc(OC)nc3)[nH]c2C1. The van der Waals surface area contributed by atoms with Crippen molar-refractivity contribution in [3.05, 3.63) is 29.7 Å². The number of fused-ring (bicyclic) bond motifs is 1. The lowest BCUT2D eigenvalue weighted by atomic mass is 10.1. The molecule has 25 heavy (non-hydrogen) atoms. The number of nitrogens with one attached hydrogen (secondary N) is 1. The molecule has 0 radical (unpaired) electrons. The third-order valence-electron chi connectivity index (χ3n) is 4.19. The molecule has 3 heterocycles. The van der Waals surface area contributed by atoms with E-state index in [-0.39, 0.29) is 11.7 Å². The van der Waals surface area contributed by atoms with Crippen molar-refractivity contribution in [2.45, 2.75) is 19.9 Å². The van der Waals surface area contributed by atoms with Gasteiger partial charge in [-0.05, 0) is 6.07 Å². The highest BCUT2D eigenvalue weighted by atomic mass is 32.2. The number of hydrogen-bond acceptors (Lipinski definition) is 6. The monoisotopic (exact) mass is 364 g/mol. The van der Waals surface area contributed by atoms with Gasteiger partial charge in [0.25, 0.3) is 0 Å². The van der Waals surface area contributed by atoms with Crippen LogP contribution < -0.4 is 4.74 Å². The number of hydrogen-bond donors (Lipinski definition) is 1. The lowest BCUT2D eigenvalue weighted by Gasteiger charge is -2.26. The van der Waals surface area contributed by atoms with E-state index in [2.05, 4.69) is 15.0 Å². The van der Waals surface area contributed by atoms with E-state index in [1.807, 2.05) is 6.07 Å². The first kappa shape index (κ1) is 17.4. The molecule has 1 N–H and O–H groups in total. The predicted octanol–water partition coefficient (Wildman–Crippen LogP) is 0.800. The molecule has 0 saturated carbocycles. The summed E-state index contributed by atoms with van der Waals surface area (Å²) in [5, 5.41) is 0. The van der Waals surface area contributed by atoms with Crippen LogP contribution in [0.5, 0.6) is 5.88 Å². The molecule has 1 aliphatic rings. The molecule has 2 aromatic heterocycles. The molecule has 3 rings (SSSR count). The van der Waals surface area contributed by atoms with Crippen molar-refractivity contribution in [1.29, 1.82) is 0 Å². The lowest BCUT2D eigenvalue weighted by Crippen LogP contribution is -2.39. The first-order valence-electron chi connectivity index (χ1n) is 7.98. The maximum atomic E-state index is 12.2. The molecule has 0 atom stereocenters. The summed E-state index contributed by atoms with van der Waals surface area (Å²) in [6.07, 6.45) is 2.26. The zero-order chi connectivity index (χ0) is 18.0. The highest BCUT2D eigenvalue weighted by Gasteiger charge is 2.26. The molecule has 1 amide bonds. The van der Waals surface area contributed by atoms with E-state index in [0.29, 0.717) is 31.2 Å². The molecule has 0 aliphatic carbocycles. The van der Waals surface area contributed by atoms with Crippen molar-refractivity contribution in [3.8, 4) is 17.3 Å². The average Bonchev–Trinajstić information content (AvgIpc) is 3.04. The number of H-pyrrole nitrogens is 1. The van der Waals surface area contributed by atoms with Gasteiger partial charge in [0.15, 0.2) is 9.84 Å². The largest absolute Gasteiger partial charge is 0.481 e. The van der Waals surface area contributed by atoms with Crippen LogP contribution in [0, 0.1) is 0 Å². The van der Waals surface area contributed by atoms with Crippen LogP contribution in [0.4, 0.5) is 0 Å². The second-order valence-corrected chi connectivity index (χ2v) is 8.19. The Morgan fingerprint density at radius 2 is 2.20 bits per heavy atom. The Morgan fingerprint density at radius 3 is 2.84 bits per heavy atom. The number of carbonyl (C=O) groups excluding carboxylic acids is 1. The van der Waals surface area contributed by atoms with Gasteiger partial charge in [-0.2, -0.15) is 0 Å². The Labute approximate surface area is 146 Å². The number of sulfone groups is 1. The molecule has 0 bridgehead atoms. The standard InChI is InChI=1S/C16H20N4O4S/c1-3-25(22,23)10-15(21)20-7-6-12-13(9-20)19-16(18-12)11-4-5-14(24-2)17-8-11/h4-5,8H,3,6-7,9-10H2,1-2H3,(H,18,19). The molecule has 0 saturated heterocycles. The van der Waals surface area contributed by atoms with Crippen LogP contribution in [-0.4, -0.2) is 59.3 Å². The minimum absolute atomic E-state index is 0.0312. The van der Waals surface area contributed by atoms with Gasteiger partial charge in [-0.15, -0.1) is 0 Å². The number of methoxy groups -OCH3 is 1. The van der Waals surface area contributed by atoms with Gasteiger partial charge in [0, 0.05) is 36.5 Å². The zero-order valence-electron chi connectivity index (χ0n) is 14.2. The number of carbonyl (C=O) groups is 1. The average molecular weight is 364 g/mol. The fourth-order valence-electron chi connectivity index (χ4n) is 2.67. The zero-order valence-corrected chi connectivity index (χ0v) is 15.0. The summed E-state index contributed by atoms with van der Waals surface area (Å²) in [7, 11) is -1.77. The Hall–Kier alpha value is -2.42. The second-order valence-electron chi connectivity index (χ2n) is 5.84. The molecule has 9 heteroatoms. The van der Waals surface area contributed by atoms with Gasteiger partial charge in [-0.3, -0.25) is 4.79 Å². The smallest absolute Gasteiger partial charge is 0.238 e. The van der Waals surface area contributed by atoms with Crippen LogP contribution in [0.3, 0.4) is 0 Å². The molecular formula is C16H20N4O4S. The van der Waals surface area contributed by atoms with E-state index >= 15 is 0 Å². The molecule has 2 aromatic rings. The van der Waals surface area contributed by atoms with Gasteiger partial charge in [0.1, 0.15) is 11.6 Å². The van der Waals surface area contributed by atoms with Gasteiger partial charge < -0.3 is 14.6 Å². The van der Waals surface area contributed by atoms with Crippen molar-refractivity contribution >= 4 is 15.7 Å². The highest BCUT2D eigenvalue weighted by Crippen LogP contribution is 2.23. The Bertz CT molecular complexity index is 874. The number of amides is 1. The Kier molecular flexibility index (Phi) is 4.76. The minimum atomic E-state index is -3.33. The summed E-state index contributed by atoms with van der Waals surface area (Å²) in [5.74, 6) is 0.359. The maximum absolute atomic E-state index is 12.2. The van der Waals surface area contributed by atoms with Crippen LogP contribution in [0.25, 0.3) is 11.4 Å². The third-order valence-corrected chi connectivity index (χ3v) is 5.75. The van der Waals surface area contributed by atoms with E-state index in [0.717, 1.165) is 17.0 Å². The molecule has 1 aliphatic heterocycles. The van der Waals surface area contributed by atoms with Crippen molar-refractivity contribution in [3.63, 3.8) is 0 Å². The summed E-state index contributed by atoms with van der Waals surface area (Å²) < 4.78 is 28.3. The van der Waals surface area contributed by atoms with Crippen LogP contribution in [0.1, 0.15) is 18.3 Å². The summed E-state index contributed by atoms with van der Waals surface area (Å²) in [4.78, 5) is 25.7.